The van der Waals surface area contributed by atoms with Crippen molar-refractivity contribution in [2.24, 2.45) is 5.84 Å². The Morgan fingerprint density at radius 1 is 1.21 bits per heavy atom. The number of anilines is 1. The monoisotopic (exact) mass is 319 g/mol. The second-order valence-corrected chi connectivity index (χ2v) is 6.06. The molecule has 0 saturated heterocycles. The van der Waals surface area contributed by atoms with Crippen LogP contribution in [0, 0.1) is 6.92 Å². The van der Waals surface area contributed by atoms with Crippen LogP contribution in [-0.4, -0.2) is 4.98 Å². The van der Waals surface area contributed by atoms with Gasteiger partial charge in [-0.1, -0.05) is 12.5 Å². The summed E-state index contributed by atoms with van der Waals surface area (Å²) in [5.74, 6) is 5.82. The molecule has 0 spiro atoms. The molecule has 3 rings (SSSR count). The van der Waals surface area contributed by atoms with Gasteiger partial charge < -0.3 is 5.43 Å². The Hall–Kier alpha value is -1.13. The molecule has 100 valence electrons. The molecule has 0 bridgehead atoms. The Bertz CT molecular complexity index is 637. The van der Waals surface area contributed by atoms with Gasteiger partial charge in [0.15, 0.2) is 0 Å². The zero-order valence-electron chi connectivity index (χ0n) is 11.1. The minimum Gasteiger partial charge on any atom is -0.323 e. The average molecular weight is 320 g/mol. The fourth-order valence-corrected chi connectivity index (χ4v) is 3.41. The van der Waals surface area contributed by atoms with Crippen LogP contribution in [0.15, 0.2) is 16.6 Å². The Labute approximate surface area is 121 Å². The van der Waals surface area contributed by atoms with E-state index in [1.54, 1.807) is 0 Å². The first-order valence-electron chi connectivity index (χ1n) is 6.79. The number of fused-ring (bicyclic) bond motifs is 2. The average Bonchev–Trinajstić information content (AvgIpc) is 2.66. The highest BCUT2D eigenvalue weighted by atomic mass is 79.9. The normalized spacial score (nSPS) is 15.1. The molecule has 0 atom stereocenters. The Morgan fingerprint density at radius 2 is 2.00 bits per heavy atom. The summed E-state index contributed by atoms with van der Waals surface area (Å²) in [6.07, 6.45) is 5.85. The van der Waals surface area contributed by atoms with Crippen LogP contribution in [0.3, 0.4) is 0 Å². The lowest BCUT2D eigenvalue weighted by Crippen LogP contribution is -2.13. The third-order valence-electron chi connectivity index (χ3n) is 3.97. The second kappa shape index (κ2) is 5.10. The maximum absolute atomic E-state index is 5.82. The van der Waals surface area contributed by atoms with Gasteiger partial charge in [0, 0.05) is 15.6 Å². The Kier molecular flexibility index (Phi) is 3.46. The summed E-state index contributed by atoms with van der Waals surface area (Å²) in [5.41, 5.74) is 8.76. The maximum atomic E-state index is 5.82. The summed E-state index contributed by atoms with van der Waals surface area (Å²) in [4.78, 5) is 4.90. The number of benzene rings is 1. The van der Waals surface area contributed by atoms with E-state index in [1.165, 1.54) is 36.1 Å². The zero-order valence-corrected chi connectivity index (χ0v) is 12.7. The molecule has 1 aromatic carbocycles. The molecule has 1 aromatic heterocycles. The van der Waals surface area contributed by atoms with E-state index in [9.17, 15) is 0 Å². The molecular formula is C15H18BrN3. The van der Waals surface area contributed by atoms with Crippen molar-refractivity contribution in [3.63, 3.8) is 0 Å². The third kappa shape index (κ3) is 2.13. The summed E-state index contributed by atoms with van der Waals surface area (Å²) in [5, 5.41) is 1.15. The lowest BCUT2D eigenvalue weighted by molar-refractivity contribution is 0.709. The van der Waals surface area contributed by atoms with Crippen molar-refractivity contribution in [2.75, 3.05) is 5.43 Å². The third-order valence-corrected chi connectivity index (χ3v) is 4.61. The van der Waals surface area contributed by atoms with E-state index in [-0.39, 0.29) is 0 Å². The van der Waals surface area contributed by atoms with Crippen molar-refractivity contribution < 1.29 is 0 Å². The highest BCUT2D eigenvalue weighted by molar-refractivity contribution is 9.10. The zero-order chi connectivity index (χ0) is 13.4. The number of nitrogens with zero attached hydrogens (tertiary/aromatic N) is 1. The molecule has 0 radical (unpaired) electrons. The van der Waals surface area contributed by atoms with Crippen molar-refractivity contribution in [3.8, 4) is 0 Å². The van der Waals surface area contributed by atoms with Gasteiger partial charge in [-0.3, -0.25) is 10.8 Å². The van der Waals surface area contributed by atoms with Gasteiger partial charge >= 0.3 is 0 Å². The van der Waals surface area contributed by atoms with E-state index < -0.39 is 0 Å². The number of aromatic nitrogens is 1. The number of aryl methyl sites for hydroxylation is 2. The Balaban J connectivity index is 2.39. The van der Waals surface area contributed by atoms with Gasteiger partial charge in [0.05, 0.1) is 11.2 Å². The topological polar surface area (TPSA) is 50.9 Å². The van der Waals surface area contributed by atoms with Gasteiger partial charge in [-0.15, -0.1) is 0 Å². The lowest BCUT2D eigenvalue weighted by Gasteiger charge is -2.17. The second-order valence-electron chi connectivity index (χ2n) is 5.20. The molecule has 1 aliphatic rings. The van der Waals surface area contributed by atoms with Crippen LogP contribution < -0.4 is 11.3 Å². The molecule has 1 aliphatic carbocycles. The van der Waals surface area contributed by atoms with E-state index >= 15 is 0 Å². The molecule has 19 heavy (non-hydrogen) atoms. The minimum atomic E-state index is 1.02. The van der Waals surface area contributed by atoms with Gasteiger partial charge in [0.2, 0.25) is 0 Å². The number of hydrogen-bond acceptors (Lipinski definition) is 3. The van der Waals surface area contributed by atoms with E-state index in [0.29, 0.717) is 0 Å². The van der Waals surface area contributed by atoms with Crippen LogP contribution >= 0.6 is 15.9 Å². The number of pyridine rings is 1. The molecule has 0 amide bonds. The molecule has 1 heterocycles. The van der Waals surface area contributed by atoms with Crippen molar-refractivity contribution in [2.45, 2.75) is 39.0 Å². The van der Waals surface area contributed by atoms with Crippen molar-refractivity contribution in [1.82, 2.24) is 4.98 Å². The first kappa shape index (κ1) is 12.9. The van der Waals surface area contributed by atoms with Crippen molar-refractivity contribution >= 4 is 32.5 Å². The van der Waals surface area contributed by atoms with E-state index in [0.717, 1.165) is 33.9 Å². The smallest absolute Gasteiger partial charge is 0.0871 e. The van der Waals surface area contributed by atoms with Gasteiger partial charge in [0.25, 0.3) is 0 Å². The number of hydrogen-bond donors (Lipinski definition) is 2. The number of nitrogens with two attached hydrogens (primary N) is 1. The van der Waals surface area contributed by atoms with Crippen LogP contribution in [0.5, 0.6) is 0 Å². The highest BCUT2D eigenvalue weighted by Crippen LogP contribution is 2.36. The van der Waals surface area contributed by atoms with Crippen molar-refractivity contribution in [1.29, 1.82) is 0 Å². The fraction of sp³-hybridized carbons (Fsp3) is 0.400. The first-order chi connectivity index (χ1) is 9.22. The van der Waals surface area contributed by atoms with Crippen LogP contribution in [0.4, 0.5) is 5.69 Å². The summed E-state index contributed by atoms with van der Waals surface area (Å²) < 4.78 is 1.04. The number of rotatable bonds is 1. The number of nitrogens with one attached hydrogen (secondary N) is 1. The molecule has 0 saturated carbocycles. The Morgan fingerprint density at radius 3 is 2.79 bits per heavy atom. The van der Waals surface area contributed by atoms with Gasteiger partial charge in [-0.2, -0.15) is 0 Å². The van der Waals surface area contributed by atoms with E-state index in [1.807, 2.05) is 0 Å². The predicted molar refractivity (Wildman–Crippen MR) is 83.2 cm³/mol. The standard InChI is InChI=1S/C15H18BrN3/c1-9-7-8-11(16)15-13(9)14(19-17)10-5-3-2-4-6-12(10)18-15/h7-8H,2-6,17H2,1H3,(H,18,19). The summed E-state index contributed by atoms with van der Waals surface area (Å²) in [6, 6.07) is 4.17. The maximum Gasteiger partial charge on any atom is 0.0871 e. The van der Waals surface area contributed by atoms with Crippen LogP contribution in [0.1, 0.15) is 36.1 Å². The first-order valence-corrected chi connectivity index (χ1v) is 7.59. The number of nitrogen functional groups attached to an aromatic ring is 1. The van der Waals surface area contributed by atoms with Crippen LogP contribution in [0.2, 0.25) is 0 Å². The molecule has 0 fully saturated rings. The lowest BCUT2D eigenvalue weighted by atomic mass is 9.99. The number of hydrazine groups is 1. The van der Waals surface area contributed by atoms with Crippen LogP contribution in [-0.2, 0) is 12.8 Å². The van der Waals surface area contributed by atoms with Gasteiger partial charge in [-0.25, -0.2) is 0 Å². The summed E-state index contributed by atoms with van der Waals surface area (Å²) in [7, 11) is 0. The van der Waals surface area contributed by atoms with Gasteiger partial charge in [0.1, 0.15) is 0 Å². The molecular weight excluding hydrogens is 302 g/mol. The van der Waals surface area contributed by atoms with E-state index in [2.05, 4.69) is 40.4 Å². The number of halogens is 1. The SMILES string of the molecule is Cc1ccc(Br)c2nc3c(c(NN)c12)CCCCC3. The largest absolute Gasteiger partial charge is 0.323 e. The highest BCUT2D eigenvalue weighted by Gasteiger charge is 2.18. The van der Waals surface area contributed by atoms with E-state index in [4.69, 9.17) is 10.8 Å². The molecule has 2 aromatic rings. The summed E-state index contributed by atoms with van der Waals surface area (Å²) in [6.45, 7) is 2.11. The van der Waals surface area contributed by atoms with Gasteiger partial charge in [-0.05, 0) is 65.7 Å². The molecule has 3 N–H and O–H groups in total. The molecule has 0 aliphatic heterocycles. The molecule has 4 heteroatoms. The fourth-order valence-electron chi connectivity index (χ4n) is 3.00. The van der Waals surface area contributed by atoms with Crippen molar-refractivity contribution in [3.05, 3.63) is 33.4 Å². The molecule has 0 unspecified atom stereocenters. The van der Waals surface area contributed by atoms with Crippen LogP contribution in [0.25, 0.3) is 10.9 Å². The summed E-state index contributed by atoms with van der Waals surface area (Å²) >= 11 is 3.61. The molecule has 3 nitrogen and oxygen atoms in total. The minimum absolute atomic E-state index is 1.02. The predicted octanol–water partition coefficient (Wildman–Crippen LogP) is 3.86. The quantitative estimate of drug-likeness (QED) is 0.476.